The Balaban J connectivity index is 1.97. The van der Waals surface area contributed by atoms with Crippen molar-refractivity contribution in [1.29, 1.82) is 0 Å². The van der Waals surface area contributed by atoms with Crippen LogP contribution in [0.3, 0.4) is 0 Å². The molecule has 0 bridgehead atoms. The van der Waals surface area contributed by atoms with Gasteiger partial charge in [-0.3, -0.25) is 4.79 Å². The van der Waals surface area contributed by atoms with E-state index >= 15 is 0 Å². The number of aliphatic hydroxyl groups excluding tert-OH is 1. The number of amides is 1. The summed E-state index contributed by atoms with van der Waals surface area (Å²) in [5, 5.41) is 13.4. The molecule has 0 heterocycles. The summed E-state index contributed by atoms with van der Waals surface area (Å²) in [7, 11) is 0. The second-order valence-electron chi connectivity index (χ2n) is 4.59. The fraction of sp³-hybridized carbons (Fsp3) is 0.188. The number of hydrogen-bond acceptors (Lipinski definition) is 2. The number of aliphatic hydroxyl groups is 1. The number of hydrogen-bond donors (Lipinski definition) is 2. The second-order valence-corrected chi connectivity index (χ2v) is 5.03. The Morgan fingerprint density at radius 1 is 1.20 bits per heavy atom. The molecule has 2 aromatic carbocycles. The minimum Gasteiger partial charge on any atom is -0.387 e. The zero-order valence-electron chi connectivity index (χ0n) is 11.1. The van der Waals surface area contributed by atoms with Gasteiger partial charge in [0.1, 0.15) is 0 Å². The average Bonchev–Trinajstić information content (AvgIpc) is 2.45. The Kier molecular flexibility index (Phi) is 4.77. The van der Waals surface area contributed by atoms with Crippen LogP contribution < -0.4 is 5.32 Å². The average molecular weight is 290 g/mol. The molecule has 2 N–H and O–H groups in total. The van der Waals surface area contributed by atoms with Gasteiger partial charge in [0, 0.05) is 17.1 Å². The van der Waals surface area contributed by atoms with E-state index in [9.17, 15) is 9.90 Å². The third-order valence-corrected chi connectivity index (χ3v) is 3.35. The number of nitrogens with one attached hydrogen (secondary N) is 1. The predicted octanol–water partition coefficient (Wildman–Crippen LogP) is 3.11. The quantitative estimate of drug-likeness (QED) is 0.908. The van der Waals surface area contributed by atoms with Crippen LogP contribution in [-0.2, 0) is 0 Å². The fourth-order valence-electron chi connectivity index (χ4n) is 1.92. The molecule has 0 radical (unpaired) electrons. The Hall–Kier alpha value is -1.84. The molecular weight excluding hydrogens is 274 g/mol. The summed E-state index contributed by atoms with van der Waals surface area (Å²) in [6.07, 6.45) is -0.750. The number of rotatable bonds is 4. The normalized spacial score (nSPS) is 11.9. The van der Waals surface area contributed by atoms with Gasteiger partial charge < -0.3 is 10.4 Å². The SMILES string of the molecule is Cc1ccccc1C(=O)NC[C@@H](O)c1ccc(Cl)cc1. The maximum absolute atomic E-state index is 12.0. The summed E-state index contributed by atoms with van der Waals surface area (Å²) in [4.78, 5) is 12.0. The lowest BCUT2D eigenvalue weighted by Crippen LogP contribution is -2.28. The van der Waals surface area contributed by atoms with Gasteiger partial charge in [-0.2, -0.15) is 0 Å². The van der Waals surface area contributed by atoms with Crippen molar-refractivity contribution in [3.63, 3.8) is 0 Å². The van der Waals surface area contributed by atoms with Gasteiger partial charge in [-0.05, 0) is 36.2 Å². The van der Waals surface area contributed by atoms with Gasteiger partial charge in [0.05, 0.1) is 6.10 Å². The van der Waals surface area contributed by atoms with Crippen molar-refractivity contribution in [2.45, 2.75) is 13.0 Å². The highest BCUT2D eigenvalue weighted by Gasteiger charge is 2.12. The molecule has 0 saturated heterocycles. The summed E-state index contributed by atoms with van der Waals surface area (Å²) in [6, 6.07) is 14.3. The van der Waals surface area contributed by atoms with Crippen LogP contribution in [0.25, 0.3) is 0 Å². The first kappa shape index (κ1) is 14.6. The zero-order chi connectivity index (χ0) is 14.5. The van der Waals surface area contributed by atoms with Crippen molar-refractivity contribution < 1.29 is 9.90 Å². The molecule has 0 aliphatic carbocycles. The van der Waals surface area contributed by atoms with Crippen molar-refractivity contribution in [3.05, 3.63) is 70.2 Å². The molecule has 0 aliphatic rings. The van der Waals surface area contributed by atoms with E-state index in [1.54, 1.807) is 30.3 Å². The van der Waals surface area contributed by atoms with Crippen LogP contribution in [0.1, 0.15) is 27.6 Å². The molecule has 2 rings (SSSR count). The summed E-state index contributed by atoms with van der Waals surface area (Å²) in [6.45, 7) is 2.04. The van der Waals surface area contributed by atoms with Crippen LogP contribution in [0.5, 0.6) is 0 Å². The second kappa shape index (κ2) is 6.55. The van der Waals surface area contributed by atoms with E-state index in [0.29, 0.717) is 10.6 Å². The van der Waals surface area contributed by atoms with Crippen molar-refractivity contribution in [2.75, 3.05) is 6.54 Å². The molecule has 4 heteroatoms. The lowest BCUT2D eigenvalue weighted by atomic mass is 10.1. The minimum absolute atomic E-state index is 0.162. The van der Waals surface area contributed by atoms with Gasteiger partial charge in [0.25, 0.3) is 5.91 Å². The molecule has 0 saturated carbocycles. The molecule has 0 aromatic heterocycles. The third-order valence-electron chi connectivity index (χ3n) is 3.10. The van der Waals surface area contributed by atoms with E-state index in [-0.39, 0.29) is 12.5 Å². The maximum atomic E-state index is 12.0. The molecule has 1 amide bonds. The van der Waals surface area contributed by atoms with Crippen molar-refractivity contribution in [2.24, 2.45) is 0 Å². The smallest absolute Gasteiger partial charge is 0.251 e. The van der Waals surface area contributed by atoms with Gasteiger partial charge in [-0.25, -0.2) is 0 Å². The van der Waals surface area contributed by atoms with E-state index in [1.807, 2.05) is 25.1 Å². The lowest BCUT2D eigenvalue weighted by molar-refractivity contribution is 0.0915. The molecule has 0 spiro atoms. The van der Waals surface area contributed by atoms with Crippen molar-refractivity contribution in [1.82, 2.24) is 5.32 Å². The third kappa shape index (κ3) is 3.59. The molecule has 0 aliphatic heterocycles. The monoisotopic (exact) mass is 289 g/mol. The number of carbonyl (C=O) groups is 1. The van der Waals surface area contributed by atoms with E-state index in [4.69, 9.17) is 11.6 Å². The molecule has 3 nitrogen and oxygen atoms in total. The molecule has 0 fully saturated rings. The van der Waals surface area contributed by atoms with Gasteiger partial charge in [0.15, 0.2) is 0 Å². The minimum atomic E-state index is -0.750. The van der Waals surface area contributed by atoms with E-state index in [1.165, 1.54) is 0 Å². The van der Waals surface area contributed by atoms with Gasteiger partial charge in [-0.15, -0.1) is 0 Å². The standard InChI is InChI=1S/C16H16ClNO2/c1-11-4-2-3-5-14(11)16(20)18-10-15(19)12-6-8-13(17)9-7-12/h2-9,15,19H,10H2,1H3,(H,18,20)/t15-/m1/s1. The first-order chi connectivity index (χ1) is 9.58. The molecular formula is C16H16ClNO2. The van der Waals surface area contributed by atoms with Crippen LogP contribution in [0.15, 0.2) is 48.5 Å². The molecule has 104 valence electrons. The molecule has 20 heavy (non-hydrogen) atoms. The van der Waals surface area contributed by atoms with E-state index in [0.717, 1.165) is 11.1 Å². The van der Waals surface area contributed by atoms with Crippen molar-refractivity contribution >= 4 is 17.5 Å². The van der Waals surface area contributed by atoms with E-state index < -0.39 is 6.10 Å². The highest BCUT2D eigenvalue weighted by atomic mass is 35.5. The van der Waals surface area contributed by atoms with Crippen LogP contribution in [0.4, 0.5) is 0 Å². The van der Waals surface area contributed by atoms with Gasteiger partial charge in [-0.1, -0.05) is 41.9 Å². The summed E-state index contributed by atoms with van der Waals surface area (Å²) in [5.74, 6) is -0.184. The lowest BCUT2D eigenvalue weighted by Gasteiger charge is -2.13. The van der Waals surface area contributed by atoms with Gasteiger partial charge >= 0.3 is 0 Å². The summed E-state index contributed by atoms with van der Waals surface area (Å²) in [5.41, 5.74) is 2.25. The number of benzene rings is 2. The molecule has 0 unspecified atom stereocenters. The van der Waals surface area contributed by atoms with Crippen LogP contribution in [0.2, 0.25) is 5.02 Å². The topological polar surface area (TPSA) is 49.3 Å². The summed E-state index contributed by atoms with van der Waals surface area (Å²) >= 11 is 5.79. The largest absolute Gasteiger partial charge is 0.387 e. The highest BCUT2D eigenvalue weighted by molar-refractivity contribution is 6.30. The Morgan fingerprint density at radius 3 is 2.50 bits per heavy atom. The first-order valence-corrected chi connectivity index (χ1v) is 6.73. The number of halogens is 1. The summed E-state index contributed by atoms with van der Waals surface area (Å²) < 4.78 is 0. The van der Waals surface area contributed by atoms with Gasteiger partial charge in [0.2, 0.25) is 0 Å². The molecule has 1 atom stereocenters. The zero-order valence-corrected chi connectivity index (χ0v) is 11.9. The Bertz CT molecular complexity index is 596. The maximum Gasteiger partial charge on any atom is 0.251 e. The Morgan fingerprint density at radius 2 is 1.85 bits per heavy atom. The first-order valence-electron chi connectivity index (χ1n) is 6.35. The number of aryl methyl sites for hydroxylation is 1. The van der Waals surface area contributed by atoms with Crippen LogP contribution in [0, 0.1) is 6.92 Å². The van der Waals surface area contributed by atoms with Crippen molar-refractivity contribution in [3.8, 4) is 0 Å². The number of carbonyl (C=O) groups excluding carboxylic acids is 1. The Labute approximate surface area is 123 Å². The fourth-order valence-corrected chi connectivity index (χ4v) is 2.04. The van der Waals surface area contributed by atoms with E-state index in [2.05, 4.69) is 5.32 Å². The highest BCUT2D eigenvalue weighted by Crippen LogP contribution is 2.16. The molecule has 2 aromatic rings. The predicted molar refractivity (Wildman–Crippen MR) is 79.9 cm³/mol. The van der Waals surface area contributed by atoms with Crippen LogP contribution in [-0.4, -0.2) is 17.6 Å². The van der Waals surface area contributed by atoms with Crippen LogP contribution >= 0.6 is 11.6 Å².